The van der Waals surface area contributed by atoms with Crippen molar-refractivity contribution in [3.63, 3.8) is 0 Å². The molecule has 5 nitrogen and oxygen atoms in total. The summed E-state index contributed by atoms with van der Waals surface area (Å²) in [5, 5.41) is 4.46. The molecule has 0 atom stereocenters. The van der Waals surface area contributed by atoms with Crippen LogP contribution < -0.4 is 5.56 Å². The molecule has 2 aromatic carbocycles. The smallest absolute Gasteiger partial charge is 0.267 e. The fourth-order valence-corrected chi connectivity index (χ4v) is 3.13. The molecule has 0 N–H and O–H groups in total. The maximum absolute atomic E-state index is 12.8. The first-order chi connectivity index (χ1) is 13.5. The van der Waals surface area contributed by atoms with Crippen molar-refractivity contribution in [2.75, 3.05) is 6.54 Å². The average Bonchev–Trinajstić information content (AvgIpc) is 2.70. The zero-order valence-corrected chi connectivity index (χ0v) is 16.6. The highest BCUT2D eigenvalue weighted by Crippen LogP contribution is 2.21. The Kier molecular flexibility index (Phi) is 6.04. The third-order valence-electron chi connectivity index (χ3n) is 4.77. The molecule has 0 aliphatic rings. The molecule has 0 unspecified atom stereocenters. The number of nitrogens with zero attached hydrogens (tertiary/aromatic N) is 3. The average molecular weight is 375 g/mol. The lowest BCUT2D eigenvalue weighted by Crippen LogP contribution is -2.36. The Balaban J connectivity index is 1.84. The second-order valence-corrected chi connectivity index (χ2v) is 6.93. The van der Waals surface area contributed by atoms with Gasteiger partial charge in [0.05, 0.1) is 5.69 Å². The van der Waals surface area contributed by atoms with Gasteiger partial charge in [0.1, 0.15) is 6.54 Å². The summed E-state index contributed by atoms with van der Waals surface area (Å²) >= 11 is 0. The molecule has 0 bridgehead atoms. The van der Waals surface area contributed by atoms with Crippen molar-refractivity contribution in [1.82, 2.24) is 14.7 Å². The molecule has 0 saturated heterocycles. The molecule has 1 heterocycles. The van der Waals surface area contributed by atoms with Gasteiger partial charge in [-0.2, -0.15) is 5.10 Å². The number of benzene rings is 2. The zero-order valence-electron chi connectivity index (χ0n) is 16.6. The number of hydrogen-bond donors (Lipinski definition) is 0. The van der Waals surface area contributed by atoms with Crippen LogP contribution in [-0.4, -0.2) is 27.1 Å². The van der Waals surface area contributed by atoms with E-state index < -0.39 is 0 Å². The number of rotatable bonds is 6. The number of hydrogen-bond acceptors (Lipinski definition) is 3. The monoisotopic (exact) mass is 375 g/mol. The quantitative estimate of drug-likeness (QED) is 0.662. The van der Waals surface area contributed by atoms with Gasteiger partial charge in [0.2, 0.25) is 5.91 Å². The molecule has 0 aliphatic carbocycles. The van der Waals surface area contributed by atoms with Crippen LogP contribution in [-0.2, 0) is 17.9 Å². The van der Waals surface area contributed by atoms with Crippen molar-refractivity contribution in [3.8, 4) is 11.3 Å². The van der Waals surface area contributed by atoms with Crippen LogP contribution in [0.1, 0.15) is 23.6 Å². The molecule has 0 fully saturated rings. The molecule has 0 aliphatic heterocycles. The minimum atomic E-state index is -0.279. The molecule has 5 heteroatoms. The van der Waals surface area contributed by atoms with E-state index in [9.17, 15) is 9.59 Å². The van der Waals surface area contributed by atoms with E-state index in [2.05, 4.69) is 5.10 Å². The van der Waals surface area contributed by atoms with E-state index >= 15 is 0 Å². The van der Waals surface area contributed by atoms with Gasteiger partial charge in [0.25, 0.3) is 5.56 Å². The van der Waals surface area contributed by atoms with Crippen LogP contribution in [0.4, 0.5) is 0 Å². The van der Waals surface area contributed by atoms with Crippen LogP contribution in [0.5, 0.6) is 0 Å². The zero-order chi connectivity index (χ0) is 20.1. The minimum absolute atomic E-state index is 0.0712. The van der Waals surface area contributed by atoms with Gasteiger partial charge in [0, 0.05) is 24.7 Å². The van der Waals surface area contributed by atoms with Crippen molar-refractivity contribution in [1.29, 1.82) is 0 Å². The second-order valence-electron chi connectivity index (χ2n) is 6.93. The molecule has 0 spiro atoms. The topological polar surface area (TPSA) is 55.2 Å². The van der Waals surface area contributed by atoms with E-state index in [0.29, 0.717) is 18.8 Å². The van der Waals surface area contributed by atoms with E-state index in [1.165, 1.54) is 10.7 Å². The molecule has 0 radical (unpaired) electrons. The number of aromatic nitrogens is 2. The van der Waals surface area contributed by atoms with Crippen molar-refractivity contribution in [2.24, 2.45) is 0 Å². The van der Waals surface area contributed by atoms with E-state index in [4.69, 9.17) is 0 Å². The number of aryl methyl sites for hydroxylation is 2. The summed E-state index contributed by atoms with van der Waals surface area (Å²) in [4.78, 5) is 26.8. The van der Waals surface area contributed by atoms with Crippen LogP contribution in [0.25, 0.3) is 11.3 Å². The Bertz CT molecular complexity index is 1030. The number of likely N-dealkylation sites (N-methyl/N-ethyl adjacent to an activating group) is 1. The normalized spacial score (nSPS) is 10.7. The molecule has 1 amide bonds. The highest BCUT2D eigenvalue weighted by atomic mass is 16.2. The maximum Gasteiger partial charge on any atom is 0.267 e. The minimum Gasteiger partial charge on any atom is -0.337 e. The number of amides is 1. The molecule has 28 heavy (non-hydrogen) atoms. The molecule has 3 rings (SSSR count). The van der Waals surface area contributed by atoms with Crippen LogP contribution in [0, 0.1) is 13.8 Å². The van der Waals surface area contributed by atoms with Crippen LogP contribution in [0.2, 0.25) is 0 Å². The fraction of sp³-hybridized carbons (Fsp3) is 0.261. The number of carbonyl (C=O) groups is 1. The summed E-state index contributed by atoms with van der Waals surface area (Å²) in [5.74, 6) is -0.126. The summed E-state index contributed by atoms with van der Waals surface area (Å²) in [6, 6.07) is 19.1. The van der Waals surface area contributed by atoms with Crippen LogP contribution >= 0.6 is 0 Å². The molecule has 144 valence electrons. The lowest BCUT2D eigenvalue weighted by atomic mass is 10.0. The predicted molar refractivity (Wildman–Crippen MR) is 111 cm³/mol. The van der Waals surface area contributed by atoms with E-state index in [1.54, 1.807) is 11.0 Å². The summed E-state index contributed by atoms with van der Waals surface area (Å²) in [7, 11) is 0. The SMILES string of the molecule is CCN(Cc1ccccc1)C(=O)Cn1nc(-c2cc(C)ccc2C)ccc1=O. The third kappa shape index (κ3) is 4.55. The first kappa shape index (κ1) is 19.5. The van der Waals surface area contributed by atoms with Crippen LogP contribution in [0.15, 0.2) is 65.5 Å². The lowest BCUT2D eigenvalue weighted by Gasteiger charge is -2.21. The van der Waals surface area contributed by atoms with Gasteiger partial charge in [-0.3, -0.25) is 9.59 Å². The van der Waals surface area contributed by atoms with Gasteiger partial charge in [-0.15, -0.1) is 0 Å². The van der Waals surface area contributed by atoms with E-state index in [0.717, 1.165) is 22.3 Å². The van der Waals surface area contributed by atoms with Gasteiger partial charge >= 0.3 is 0 Å². The molecule has 3 aromatic rings. The summed E-state index contributed by atoms with van der Waals surface area (Å²) in [6.45, 7) is 6.98. The predicted octanol–water partition coefficient (Wildman–Crippen LogP) is 3.58. The van der Waals surface area contributed by atoms with E-state index in [-0.39, 0.29) is 18.0 Å². The Morgan fingerprint density at radius 3 is 2.50 bits per heavy atom. The molecule has 1 aromatic heterocycles. The maximum atomic E-state index is 12.8. The Morgan fingerprint density at radius 1 is 1.04 bits per heavy atom. The van der Waals surface area contributed by atoms with Gasteiger partial charge in [-0.25, -0.2) is 4.68 Å². The van der Waals surface area contributed by atoms with E-state index in [1.807, 2.05) is 69.3 Å². The standard InChI is InChI=1S/C23H25N3O2/c1-4-25(15-19-8-6-5-7-9-19)23(28)16-26-22(27)13-12-21(24-26)20-14-17(2)10-11-18(20)3/h5-14H,4,15-16H2,1-3H3. The van der Waals surface area contributed by atoms with Gasteiger partial charge in [-0.1, -0.05) is 48.0 Å². The largest absolute Gasteiger partial charge is 0.337 e. The summed E-state index contributed by atoms with van der Waals surface area (Å²) in [6.07, 6.45) is 0. The first-order valence-electron chi connectivity index (χ1n) is 9.45. The van der Waals surface area contributed by atoms with Crippen molar-refractivity contribution < 1.29 is 4.79 Å². The molecular weight excluding hydrogens is 350 g/mol. The summed E-state index contributed by atoms with van der Waals surface area (Å²) in [5.41, 5.74) is 4.64. The molecule has 0 saturated carbocycles. The Hall–Kier alpha value is -3.21. The lowest BCUT2D eigenvalue weighted by molar-refractivity contribution is -0.132. The Labute approximate surface area is 165 Å². The molecular formula is C23H25N3O2. The van der Waals surface area contributed by atoms with Crippen molar-refractivity contribution >= 4 is 5.91 Å². The first-order valence-corrected chi connectivity index (χ1v) is 9.45. The Morgan fingerprint density at radius 2 is 1.79 bits per heavy atom. The summed E-state index contributed by atoms with van der Waals surface area (Å²) < 4.78 is 1.26. The van der Waals surface area contributed by atoms with Gasteiger partial charge in [-0.05, 0) is 44.0 Å². The highest BCUT2D eigenvalue weighted by molar-refractivity contribution is 5.76. The number of carbonyl (C=O) groups excluding carboxylic acids is 1. The third-order valence-corrected chi connectivity index (χ3v) is 4.77. The van der Waals surface area contributed by atoms with Gasteiger partial charge < -0.3 is 4.90 Å². The van der Waals surface area contributed by atoms with Crippen molar-refractivity contribution in [2.45, 2.75) is 33.9 Å². The van der Waals surface area contributed by atoms with Gasteiger partial charge in [0.15, 0.2) is 0 Å². The second kappa shape index (κ2) is 8.65. The van der Waals surface area contributed by atoms with Crippen LogP contribution in [0.3, 0.4) is 0 Å². The highest BCUT2D eigenvalue weighted by Gasteiger charge is 2.15. The van der Waals surface area contributed by atoms with Crippen molar-refractivity contribution in [3.05, 3.63) is 87.7 Å². The fourth-order valence-electron chi connectivity index (χ4n) is 3.13.